The van der Waals surface area contributed by atoms with Gasteiger partial charge in [0.25, 0.3) is 0 Å². The average Bonchev–Trinajstić information content (AvgIpc) is 2.88. The fraction of sp³-hybridized carbons (Fsp3) is 0.516. The summed E-state index contributed by atoms with van der Waals surface area (Å²) < 4.78 is 5.39. The highest BCUT2D eigenvalue weighted by molar-refractivity contribution is 7.80. The van der Waals surface area contributed by atoms with Gasteiger partial charge in [-0.1, -0.05) is 74.7 Å². The van der Waals surface area contributed by atoms with Crippen molar-refractivity contribution >= 4 is 30.5 Å². The highest BCUT2D eigenvalue weighted by Crippen LogP contribution is 2.26. The van der Waals surface area contributed by atoms with Crippen LogP contribution in [0, 0.1) is 13.8 Å². The van der Waals surface area contributed by atoms with Gasteiger partial charge < -0.3 is 20.3 Å². The Hall–Kier alpha value is -3.00. The first-order valence-electron chi connectivity index (χ1n) is 13.8. The topological polar surface area (TPSA) is 87.7 Å². The van der Waals surface area contributed by atoms with E-state index >= 15 is 0 Å². The molecular weight excluding hydrogens is 510 g/mol. The van der Waals surface area contributed by atoms with Gasteiger partial charge in [0.15, 0.2) is 0 Å². The monoisotopic (exact) mass is 555 g/mol. The Morgan fingerprint density at radius 1 is 0.974 bits per heavy atom. The standard InChI is InChI=1S/C31H45N3O4S/c1-7-8-9-13-18-34(29(36)26(21-39)33-30(37)38-31(4,5)6)27(25-17-16-22(2)23(3)19-25)28(35)32-20-24-14-11-10-12-15-24/h10-12,14-17,19,26-27,39H,7-9,13,18,20-21H2,1-6H3,(H,32,35)(H,33,37). The van der Waals surface area contributed by atoms with E-state index in [4.69, 9.17) is 4.74 Å². The molecule has 0 saturated heterocycles. The minimum atomic E-state index is -0.953. The molecule has 39 heavy (non-hydrogen) atoms. The summed E-state index contributed by atoms with van der Waals surface area (Å²) in [6.07, 6.45) is 3.04. The second-order valence-corrected chi connectivity index (χ2v) is 11.3. The molecule has 7 nitrogen and oxygen atoms in total. The summed E-state index contributed by atoms with van der Waals surface area (Å²) in [4.78, 5) is 42.0. The molecule has 8 heteroatoms. The molecule has 214 valence electrons. The molecule has 0 bridgehead atoms. The molecule has 0 aliphatic rings. The number of carbonyl (C=O) groups is 3. The van der Waals surface area contributed by atoms with Crippen LogP contribution in [0.4, 0.5) is 4.79 Å². The van der Waals surface area contributed by atoms with Gasteiger partial charge in [-0.15, -0.1) is 0 Å². The molecule has 2 rings (SSSR count). The number of hydrogen-bond acceptors (Lipinski definition) is 5. The lowest BCUT2D eigenvalue weighted by molar-refractivity contribution is -0.142. The minimum absolute atomic E-state index is 0.0643. The smallest absolute Gasteiger partial charge is 0.408 e. The third-order valence-electron chi connectivity index (χ3n) is 6.42. The second kappa shape index (κ2) is 15.6. The van der Waals surface area contributed by atoms with Crippen molar-refractivity contribution < 1.29 is 19.1 Å². The first-order chi connectivity index (χ1) is 18.5. The van der Waals surface area contributed by atoms with E-state index in [0.29, 0.717) is 13.1 Å². The number of benzene rings is 2. The highest BCUT2D eigenvalue weighted by Gasteiger charge is 2.35. The number of carbonyl (C=O) groups excluding carboxylic acids is 3. The summed E-state index contributed by atoms with van der Waals surface area (Å²) in [5.74, 6) is -0.582. The normalized spacial score (nSPS) is 12.8. The summed E-state index contributed by atoms with van der Waals surface area (Å²) in [5.41, 5.74) is 3.10. The number of ether oxygens (including phenoxy) is 1. The maximum absolute atomic E-state index is 14.0. The predicted octanol–water partition coefficient (Wildman–Crippen LogP) is 5.89. The second-order valence-electron chi connectivity index (χ2n) is 10.9. The van der Waals surface area contributed by atoms with Crippen LogP contribution < -0.4 is 10.6 Å². The quantitative estimate of drug-likeness (QED) is 0.212. The fourth-order valence-electron chi connectivity index (χ4n) is 4.20. The Morgan fingerprint density at radius 3 is 2.26 bits per heavy atom. The molecule has 0 heterocycles. The lowest BCUT2D eigenvalue weighted by atomic mass is 9.98. The lowest BCUT2D eigenvalue weighted by Gasteiger charge is -2.34. The van der Waals surface area contributed by atoms with Crippen molar-refractivity contribution in [3.63, 3.8) is 0 Å². The molecule has 0 fully saturated rings. The molecule has 0 radical (unpaired) electrons. The fourth-order valence-corrected chi connectivity index (χ4v) is 4.45. The van der Waals surface area contributed by atoms with Crippen molar-refractivity contribution in [2.75, 3.05) is 12.3 Å². The van der Waals surface area contributed by atoms with Gasteiger partial charge >= 0.3 is 6.09 Å². The molecule has 0 saturated carbocycles. The lowest BCUT2D eigenvalue weighted by Crippen LogP contribution is -2.54. The zero-order chi connectivity index (χ0) is 29.0. The first kappa shape index (κ1) is 32.2. The van der Waals surface area contributed by atoms with Gasteiger partial charge in [-0.05, 0) is 63.3 Å². The van der Waals surface area contributed by atoms with Crippen LogP contribution in [0.2, 0.25) is 0 Å². The molecule has 3 amide bonds. The zero-order valence-electron chi connectivity index (χ0n) is 24.3. The van der Waals surface area contributed by atoms with Crippen LogP contribution in [-0.2, 0) is 20.9 Å². The van der Waals surface area contributed by atoms with Crippen molar-refractivity contribution in [2.24, 2.45) is 0 Å². The SMILES string of the molecule is CCCCCCN(C(=O)C(CS)NC(=O)OC(C)(C)C)C(C(=O)NCc1ccccc1)c1ccc(C)c(C)c1. The van der Waals surface area contributed by atoms with E-state index in [-0.39, 0.29) is 17.6 Å². The number of alkyl carbamates (subject to hydrolysis) is 1. The number of rotatable bonds is 13. The van der Waals surface area contributed by atoms with E-state index in [1.165, 1.54) is 0 Å². The van der Waals surface area contributed by atoms with E-state index in [1.54, 1.807) is 25.7 Å². The molecule has 0 aliphatic carbocycles. The van der Waals surface area contributed by atoms with Crippen molar-refractivity contribution in [1.29, 1.82) is 0 Å². The Balaban J connectivity index is 2.44. The summed E-state index contributed by atoms with van der Waals surface area (Å²) >= 11 is 4.37. The largest absolute Gasteiger partial charge is 0.444 e. The molecule has 2 aromatic rings. The van der Waals surface area contributed by atoms with Crippen LogP contribution in [0.25, 0.3) is 0 Å². The number of aryl methyl sites for hydroxylation is 2. The Labute approximate surface area is 239 Å². The number of unbranched alkanes of at least 4 members (excludes halogenated alkanes) is 3. The van der Waals surface area contributed by atoms with Crippen LogP contribution in [0.3, 0.4) is 0 Å². The van der Waals surface area contributed by atoms with E-state index in [0.717, 1.165) is 47.9 Å². The third-order valence-corrected chi connectivity index (χ3v) is 6.79. The van der Waals surface area contributed by atoms with Gasteiger partial charge in [0.1, 0.15) is 17.7 Å². The predicted molar refractivity (Wildman–Crippen MR) is 160 cm³/mol. The Kier molecular flexibility index (Phi) is 12.8. The van der Waals surface area contributed by atoms with Gasteiger partial charge in [0, 0.05) is 18.8 Å². The summed E-state index contributed by atoms with van der Waals surface area (Å²) in [6, 6.07) is 13.7. The number of nitrogens with one attached hydrogen (secondary N) is 2. The molecule has 0 spiro atoms. The minimum Gasteiger partial charge on any atom is -0.444 e. The van der Waals surface area contributed by atoms with Crippen molar-refractivity contribution in [2.45, 2.75) is 91.5 Å². The van der Waals surface area contributed by atoms with Gasteiger partial charge in [-0.3, -0.25) is 9.59 Å². The molecule has 0 aromatic heterocycles. The maximum Gasteiger partial charge on any atom is 0.408 e. The van der Waals surface area contributed by atoms with Gasteiger partial charge in [0.05, 0.1) is 0 Å². The van der Waals surface area contributed by atoms with E-state index in [9.17, 15) is 14.4 Å². The first-order valence-corrected chi connectivity index (χ1v) is 14.4. The van der Waals surface area contributed by atoms with Crippen LogP contribution in [0.15, 0.2) is 48.5 Å². The van der Waals surface area contributed by atoms with Gasteiger partial charge in [-0.2, -0.15) is 12.6 Å². The highest BCUT2D eigenvalue weighted by atomic mass is 32.1. The van der Waals surface area contributed by atoms with E-state index < -0.39 is 23.8 Å². The van der Waals surface area contributed by atoms with Crippen molar-refractivity contribution in [1.82, 2.24) is 15.5 Å². The van der Waals surface area contributed by atoms with E-state index in [2.05, 4.69) is 30.2 Å². The molecule has 2 atom stereocenters. The molecule has 0 aliphatic heterocycles. The van der Waals surface area contributed by atoms with Crippen LogP contribution in [-0.4, -0.2) is 46.7 Å². The van der Waals surface area contributed by atoms with Crippen LogP contribution in [0.5, 0.6) is 0 Å². The molecule has 2 aromatic carbocycles. The van der Waals surface area contributed by atoms with Crippen molar-refractivity contribution in [3.8, 4) is 0 Å². The number of thiol groups is 1. The number of hydrogen-bond donors (Lipinski definition) is 3. The summed E-state index contributed by atoms with van der Waals surface area (Å²) in [6.45, 7) is 12.1. The zero-order valence-corrected chi connectivity index (χ0v) is 25.1. The number of nitrogens with zero attached hydrogens (tertiary/aromatic N) is 1. The average molecular weight is 556 g/mol. The van der Waals surface area contributed by atoms with Gasteiger partial charge in [-0.25, -0.2) is 4.79 Å². The third kappa shape index (κ3) is 10.6. The summed E-state index contributed by atoms with van der Waals surface area (Å²) in [5, 5.41) is 5.70. The van der Waals surface area contributed by atoms with Crippen LogP contribution >= 0.6 is 12.6 Å². The summed E-state index contributed by atoms with van der Waals surface area (Å²) in [7, 11) is 0. The Morgan fingerprint density at radius 2 is 1.67 bits per heavy atom. The molecule has 2 unspecified atom stereocenters. The van der Waals surface area contributed by atoms with Crippen LogP contribution in [0.1, 0.15) is 81.7 Å². The van der Waals surface area contributed by atoms with E-state index in [1.807, 2.05) is 62.4 Å². The number of amides is 3. The molecule has 2 N–H and O–H groups in total. The maximum atomic E-state index is 14.0. The Bertz CT molecular complexity index is 1080. The molecular formula is C31H45N3O4S. The van der Waals surface area contributed by atoms with Gasteiger partial charge in [0.2, 0.25) is 11.8 Å². The van der Waals surface area contributed by atoms with Crippen molar-refractivity contribution in [3.05, 3.63) is 70.8 Å².